The predicted molar refractivity (Wildman–Crippen MR) is 120 cm³/mol. The van der Waals surface area contributed by atoms with Gasteiger partial charge in [-0.2, -0.15) is 0 Å². The van der Waals surface area contributed by atoms with Crippen molar-refractivity contribution >= 4 is 23.4 Å². The number of amides is 3. The van der Waals surface area contributed by atoms with Gasteiger partial charge in [-0.1, -0.05) is 18.9 Å². The van der Waals surface area contributed by atoms with Crippen LogP contribution >= 0.6 is 0 Å². The van der Waals surface area contributed by atoms with Gasteiger partial charge in [-0.15, -0.1) is 0 Å². The Morgan fingerprint density at radius 1 is 1.06 bits per heavy atom. The van der Waals surface area contributed by atoms with E-state index < -0.39 is 6.04 Å². The number of imide groups is 1. The molecule has 4 rings (SSSR count). The number of methoxy groups -OCH3 is 1. The van der Waals surface area contributed by atoms with Crippen LogP contribution in [0.15, 0.2) is 48.5 Å². The van der Waals surface area contributed by atoms with Crippen LogP contribution < -0.4 is 14.4 Å². The number of hydrogen-bond donors (Lipinski definition) is 0. The highest BCUT2D eigenvalue weighted by molar-refractivity contribution is 6.23. The molecule has 2 aromatic carbocycles. The van der Waals surface area contributed by atoms with Crippen LogP contribution in [0.2, 0.25) is 0 Å². The summed E-state index contributed by atoms with van der Waals surface area (Å²) < 4.78 is 10.7. The molecule has 168 valence electrons. The molecule has 1 aliphatic carbocycles. The van der Waals surface area contributed by atoms with Crippen molar-refractivity contribution in [2.75, 3.05) is 18.6 Å². The largest absolute Gasteiger partial charge is 0.497 e. The van der Waals surface area contributed by atoms with Crippen LogP contribution in [0.1, 0.15) is 49.4 Å². The molecular formula is C25H28N2O5. The van der Waals surface area contributed by atoms with E-state index in [4.69, 9.17) is 9.47 Å². The number of carbonyl (C=O) groups excluding carboxylic acids is 3. The van der Waals surface area contributed by atoms with E-state index in [1.807, 2.05) is 6.92 Å². The summed E-state index contributed by atoms with van der Waals surface area (Å²) in [5, 5.41) is 0. The molecule has 32 heavy (non-hydrogen) atoms. The minimum atomic E-state index is -0.809. The van der Waals surface area contributed by atoms with Crippen LogP contribution in [0.4, 0.5) is 5.69 Å². The second kappa shape index (κ2) is 9.42. The van der Waals surface area contributed by atoms with Crippen molar-refractivity contribution in [3.05, 3.63) is 54.1 Å². The Morgan fingerprint density at radius 3 is 2.44 bits per heavy atom. The summed E-state index contributed by atoms with van der Waals surface area (Å²) in [6.45, 7) is 2.43. The fraction of sp³-hybridized carbons (Fsp3) is 0.400. The standard InChI is InChI=1S/C25H28N2O5/c1-3-32-20-13-11-19(12-14-20)27-23(28)16-22(25(27)30)26(18-8-4-5-9-18)24(29)17-7-6-10-21(15-17)31-2/h6-7,10-15,18,22H,3-5,8-9,16H2,1-2H3. The van der Waals surface area contributed by atoms with Crippen molar-refractivity contribution < 1.29 is 23.9 Å². The van der Waals surface area contributed by atoms with E-state index in [9.17, 15) is 14.4 Å². The van der Waals surface area contributed by atoms with E-state index in [1.54, 1.807) is 60.5 Å². The topological polar surface area (TPSA) is 76.2 Å². The van der Waals surface area contributed by atoms with E-state index in [1.165, 1.54) is 4.90 Å². The Labute approximate surface area is 187 Å². The van der Waals surface area contributed by atoms with Gasteiger partial charge >= 0.3 is 0 Å². The molecule has 1 saturated heterocycles. The second-order valence-corrected chi connectivity index (χ2v) is 8.10. The molecule has 3 amide bonds. The van der Waals surface area contributed by atoms with Gasteiger partial charge in [-0.05, 0) is 62.2 Å². The van der Waals surface area contributed by atoms with Gasteiger partial charge in [0.05, 0.1) is 25.8 Å². The van der Waals surface area contributed by atoms with Crippen LogP contribution in [0.3, 0.4) is 0 Å². The summed E-state index contributed by atoms with van der Waals surface area (Å²) in [7, 11) is 1.55. The third kappa shape index (κ3) is 4.20. The molecule has 1 atom stereocenters. The molecule has 2 aromatic rings. The molecule has 1 saturated carbocycles. The Bertz CT molecular complexity index is 998. The predicted octanol–water partition coefficient (Wildman–Crippen LogP) is 3.81. The van der Waals surface area contributed by atoms with Crippen molar-refractivity contribution in [3.8, 4) is 11.5 Å². The first-order valence-electron chi connectivity index (χ1n) is 11.1. The molecular weight excluding hydrogens is 408 g/mol. The molecule has 0 aromatic heterocycles. The van der Waals surface area contributed by atoms with Gasteiger partial charge in [-0.3, -0.25) is 14.4 Å². The third-order valence-corrected chi connectivity index (χ3v) is 6.13. The Hall–Kier alpha value is -3.35. The fourth-order valence-electron chi connectivity index (χ4n) is 4.61. The number of benzene rings is 2. The van der Waals surface area contributed by atoms with Crippen LogP contribution in [0, 0.1) is 0 Å². The van der Waals surface area contributed by atoms with Crippen molar-refractivity contribution in [2.24, 2.45) is 0 Å². The highest BCUT2D eigenvalue weighted by Gasteiger charge is 2.47. The first-order chi connectivity index (χ1) is 15.5. The van der Waals surface area contributed by atoms with E-state index in [0.29, 0.717) is 29.4 Å². The second-order valence-electron chi connectivity index (χ2n) is 8.10. The van der Waals surface area contributed by atoms with E-state index in [0.717, 1.165) is 25.7 Å². The quantitative estimate of drug-likeness (QED) is 0.617. The zero-order chi connectivity index (χ0) is 22.7. The van der Waals surface area contributed by atoms with E-state index in [-0.39, 0.29) is 30.2 Å². The summed E-state index contributed by atoms with van der Waals surface area (Å²) in [6, 6.07) is 12.9. The fourth-order valence-corrected chi connectivity index (χ4v) is 4.61. The van der Waals surface area contributed by atoms with Gasteiger partial charge in [0.1, 0.15) is 17.5 Å². The molecule has 0 bridgehead atoms. The molecule has 7 nitrogen and oxygen atoms in total. The van der Waals surface area contributed by atoms with Gasteiger partial charge < -0.3 is 14.4 Å². The number of nitrogens with zero attached hydrogens (tertiary/aromatic N) is 2. The molecule has 1 unspecified atom stereocenters. The molecule has 0 N–H and O–H groups in total. The molecule has 1 heterocycles. The SMILES string of the molecule is CCOc1ccc(N2C(=O)CC(N(C(=O)c3cccc(OC)c3)C3CCCC3)C2=O)cc1. The summed E-state index contributed by atoms with van der Waals surface area (Å²) in [5.41, 5.74) is 0.946. The Morgan fingerprint density at radius 2 is 1.78 bits per heavy atom. The van der Waals surface area contributed by atoms with Crippen LogP contribution in [0.25, 0.3) is 0 Å². The van der Waals surface area contributed by atoms with Crippen molar-refractivity contribution in [1.29, 1.82) is 0 Å². The zero-order valence-corrected chi connectivity index (χ0v) is 18.5. The molecule has 7 heteroatoms. The van der Waals surface area contributed by atoms with Gasteiger partial charge in [-0.25, -0.2) is 4.90 Å². The lowest BCUT2D eigenvalue weighted by Crippen LogP contribution is -2.50. The third-order valence-electron chi connectivity index (χ3n) is 6.13. The Balaban J connectivity index is 1.63. The first kappa shape index (κ1) is 21.9. The first-order valence-corrected chi connectivity index (χ1v) is 11.1. The van der Waals surface area contributed by atoms with Gasteiger partial charge in [0, 0.05) is 11.6 Å². The highest BCUT2D eigenvalue weighted by atomic mass is 16.5. The molecule has 2 fully saturated rings. The smallest absolute Gasteiger partial charge is 0.257 e. The lowest BCUT2D eigenvalue weighted by molar-refractivity contribution is -0.123. The lowest BCUT2D eigenvalue weighted by atomic mass is 10.1. The number of carbonyl (C=O) groups is 3. The summed E-state index contributed by atoms with van der Waals surface area (Å²) >= 11 is 0. The number of hydrogen-bond acceptors (Lipinski definition) is 5. The van der Waals surface area contributed by atoms with Crippen LogP contribution in [-0.4, -0.2) is 48.4 Å². The number of ether oxygens (including phenoxy) is 2. The molecule has 1 aliphatic heterocycles. The maximum atomic E-state index is 13.6. The monoisotopic (exact) mass is 436 g/mol. The van der Waals surface area contributed by atoms with E-state index in [2.05, 4.69) is 0 Å². The zero-order valence-electron chi connectivity index (χ0n) is 18.5. The minimum absolute atomic E-state index is 0.0156. The van der Waals surface area contributed by atoms with Crippen LogP contribution in [0.5, 0.6) is 11.5 Å². The van der Waals surface area contributed by atoms with Crippen molar-refractivity contribution in [3.63, 3.8) is 0 Å². The highest BCUT2D eigenvalue weighted by Crippen LogP contribution is 2.33. The molecule has 0 spiro atoms. The molecule has 2 aliphatic rings. The maximum absolute atomic E-state index is 13.6. The summed E-state index contributed by atoms with van der Waals surface area (Å²) in [4.78, 5) is 42.8. The van der Waals surface area contributed by atoms with Crippen LogP contribution in [-0.2, 0) is 9.59 Å². The van der Waals surface area contributed by atoms with Crippen molar-refractivity contribution in [2.45, 2.75) is 51.1 Å². The van der Waals surface area contributed by atoms with Gasteiger partial charge in [0.2, 0.25) is 5.91 Å². The number of anilines is 1. The summed E-state index contributed by atoms with van der Waals surface area (Å²) in [5.74, 6) is 0.350. The number of rotatable bonds is 7. The van der Waals surface area contributed by atoms with Gasteiger partial charge in [0.25, 0.3) is 11.8 Å². The average molecular weight is 437 g/mol. The lowest BCUT2D eigenvalue weighted by Gasteiger charge is -2.33. The minimum Gasteiger partial charge on any atom is -0.497 e. The van der Waals surface area contributed by atoms with Gasteiger partial charge in [0.15, 0.2) is 0 Å². The van der Waals surface area contributed by atoms with Crippen molar-refractivity contribution in [1.82, 2.24) is 4.90 Å². The normalized spacial score (nSPS) is 18.8. The van der Waals surface area contributed by atoms with E-state index >= 15 is 0 Å². The summed E-state index contributed by atoms with van der Waals surface area (Å²) in [6.07, 6.45) is 3.65. The Kier molecular flexibility index (Phi) is 6.44. The maximum Gasteiger partial charge on any atom is 0.257 e. The average Bonchev–Trinajstić information content (AvgIpc) is 3.43. The molecule has 0 radical (unpaired) electrons.